The van der Waals surface area contributed by atoms with Crippen molar-refractivity contribution in [3.05, 3.63) is 20.7 Å². The molecule has 1 aliphatic rings. The topological polar surface area (TPSA) is 88.4 Å². The van der Waals surface area contributed by atoms with Gasteiger partial charge in [-0.15, -0.1) is 0 Å². The van der Waals surface area contributed by atoms with E-state index >= 15 is 0 Å². The van der Waals surface area contributed by atoms with Gasteiger partial charge in [-0.25, -0.2) is 4.79 Å². The molecule has 0 spiro atoms. The summed E-state index contributed by atoms with van der Waals surface area (Å²) < 4.78 is 1.63. The van der Waals surface area contributed by atoms with Crippen molar-refractivity contribution in [2.75, 3.05) is 0 Å². The SMILES string of the molecule is Cc1csc(=O)n1CCCC(=O)NC(C(=O)O)C1CC1. The van der Waals surface area contributed by atoms with Gasteiger partial charge in [0.1, 0.15) is 6.04 Å². The van der Waals surface area contributed by atoms with Crippen LogP contribution in [0.3, 0.4) is 0 Å². The number of carbonyl (C=O) groups is 2. The number of nitrogens with one attached hydrogen (secondary N) is 1. The Kier molecular flexibility index (Phi) is 4.59. The third kappa shape index (κ3) is 3.69. The Morgan fingerprint density at radius 2 is 2.25 bits per heavy atom. The number of carbonyl (C=O) groups excluding carboxylic acids is 1. The van der Waals surface area contributed by atoms with E-state index in [1.54, 1.807) is 9.95 Å². The third-order valence-electron chi connectivity index (χ3n) is 3.44. The molecule has 2 rings (SSSR count). The fraction of sp³-hybridized carbons (Fsp3) is 0.615. The predicted octanol–water partition coefficient (Wildman–Crippen LogP) is 0.978. The smallest absolute Gasteiger partial charge is 0.326 e. The van der Waals surface area contributed by atoms with Crippen LogP contribution in [0.4, 0.5) is 0 Å². The Morgan fingerprint density at radius 1 is 1.55 bits per heavy atom. The normalized spacial score (nSPS) is 15.8. The van der Waals surface area contributed by atoms with E-state index in [0.29, 0.717) is 13.0 Å². The minimum Gasteiger partial charge on any atom is -0.480 e. The maximum Gasteiger partial charge on any atom is 0.326 e. The molecule has 2 N–H and O–H groups in total. The van der Waals surface area contributed by atoms with Gasteiger partial charge in [-0.1, -0.05) is 11.3 Å². The molecule has 7 heteroatoms. The molecule has 1 fully saturated rings. The van der Waals surface area contributed by atoms with Crippen LogP contribution in [0.2, 0.25) is 0 Å². The van der Waals surface area contributed by atoms with E-state index in [9.17, 15) is 14.4 Å². The highest BCUT2D eigenvalue weighted by Gasteiger charge is 2.37. The lowest BCUT2D eigenvalue weighted by Gasteiger charge is -2.13. The number of hydrogen-bond acceptors (Lipinski definition) is 4. The highest BCUT2D eigenvalue weighted by molar-refractivity contribution is 7.07. The van der Waals surface area contributed by atoms with Gasteiger partial charge in [0, 0.05) is 24.0 Å². The van der Waals surface area contributed by atoms with Crippen molar-refractivity contribution in [3.63, 3.8) is 0 Å². The number of carboxylic acid groups (broad SMARTS) is 1. The fourth-order valence-electron chi connectivity index (χ4n) is 2.13. The van der Waals surface area contributed by atoms with Gasteiger partial charge in [0.15, 0.2) is 0 Å². The molecule has 6 nitrogen and oxygen atoms in total. The second kappa shape index (κ2) is 6.21. The van der Waals surface area contributed by atoms with Crippen LogP contribution in [-0.2, 0) is 16.1 Å². The monoisotopic (exact) mass is 298 g/mol. The Morgan fingerprint density at radius 3 is 2.75 bits per heavy atom. The van der Waals surface area contributed by atoms with Crippen LogP contribution in [0.25, 0.3) is 0 Å². The van der Waals surface area contributed by atoms with Gasteiger partial charge in [-0.05, 0) is 32.1 Å². The molecular weight excluding hydrogens is 280 g/mol. The summed E-state index contributed by atoms with van der Waals surface area (Å²) in [6.45, 7) is 2.34. The molecule has 1 atom stereocenters. The van der Waals surface area contributed by atoms with E-state index in [0.717, 1.165) is 29.9 Å². The number of hydrogen-bond donors (Lipinski definition) is 2. The summed E-state index contributed by atoms with van der Waals surface area (Å²) >= 11 is 1.15. The number of rotatable bonds is 7. The van der Waals surface area contributed by atoms with Crippen LogP contribution in [0.5, 0.6) is 0 Å². The largest absolute Gasteiger partial charge is 0.480 e. The zero-order valence-electron chi connectivity index (χ0n) is 11.3. The molecule has 0 aliphatic heterocycles. The van der Waals surface area contributed by atoms with Gasteiger partial charge in [0.2, 0.25) is 5.91 Å². The minimum atomic E-state index is -0.967. The zero-order valence-corrected chi connectivity index (χ0v) is 12.1. The molecule has 20 heavy (non-hydrogen) atoms. The Bertz CT molecular complexity index is 559. The fourth-order valence-corrected chi connectivity index (χ4v) is 2.89. The van der Waals surface area contributed by atoms with Gasteiger partial charge in [0.05, 0.1) is 0 Å². The van der Waals surface area contributed by atoms with E-state index in [4.69, 9.17) is 5.11 Å². The van der Waals surface area contributed by atoms with Gasteiger partial charge in [-0.2, -0.15) is 0 Å². The maximum atomic E-state index is 11.7. The first-order chi connectivity index (χ1) is 9.49. The molecule has 1 aliphatic carbocycles. The summed E-state index contributed by atoms with van der Waals surface area (Å²) in [5.74, 6) is -1.14. The summed E-state index contributed by atoms with van der Waals surface area (Å²) in [5, 5.41) is 13.4. The molecule has 0 aromatic carbocycles. The van der Waals surface area contributed by atoms with E-state index in [2.05, 4.69) is 5.32 Å². The van der Waals surface area contributed by atoms with Crippen molar-refractivity contribution >= 4 is 23.2 Å². The number of aryl methyl sites for hydroxylation is 1. The average Bonchev–Trinajstić information content (AvgIpc) is 3.17. The number of nitrogens with zero attached hydrogens (tertiary/aromatic N) is 1. The zero-order chi connectivity index (χ0) is 14.7. The highest BCUT2D eigenvalue weighted by atomic mass is 32.1. The summed E-state index contributed by atoms with van der Waals surface area (Å²) in [5.41, 5.74) is 0.891. The van der Waals surface area contributed by atoms with Crippen LogP contribution in [0, 0.1) is 12.8 Å². The molecule has 1 saturated carbocycles. The lowest BCUT2D eigenvalue weighted by Crippen LogP contribution is -2.42. The molecule has 110 valence electrons. The molecule has 0 radical (unpaired) electrons. The van der Waals surface area contributed by atoms with Gasteiger partial charge >= 0.3 is 10.8 Å². The standard InChI is InChI=1S/C13H18N2O4S/c1-8-7-20-13(19)15(8)6-2-3-10(16)14-11(12(17)18)9-4-5-9/h7,9,11H,2-6H2,1H3,(H,14,16)(H,17,18). The molecule has 1 aromatic rings. The number of amides is 1. The lowest BCUT2D eigenvalue weighted by molar-refractivity contribution is -0.142. The first kappa shape index (κ1) is 14.8. The number of aromatic nitrogens is 1. The minimum absolute atomic E-state index is 0.0238. The number of thiazole rings is 1. The average molecular weight is 298 g/mol. The van der Waals surface area contributed by atoms with Gasteiger partial charge < -0.3 is 15.0 Å². The van der Waals surface area contributed by atoms with Crippen molar-refractivity contribution in [2.24, 2.45) is 5.92 Å². The molecule has 1 amide bonds. The third-order valence-corrected chi connectivity index (χ3v) is 4.32. The van der Waals surface area contributed by atoms with Crippen LogP contribution >= 0.6 is 11.3 Å². The van der Waals surface area contributed by atoms with Gasteiger partial charge in [0.25, 0.3) is 0 Å². The Hall–Kier alpha value is -1.63. The van der Waals surface area contributed by atoms with Crippen LogP contribution in [-0.4, -0.2) is 27.6 Å². The van der Waals surface area contributed by atoms with E-state index in [-0.39, 0.29) is 23.1 Å². The quantitative estimate of drug-likeness (QED) is 0.785. The number of carboxylic acids is 1. The molecular formula is C13H18N2O4S. The maximum absolute atomic E-state index is 11.7. The van der Waals surface area contributed by atoms with E-state index in [1.807, 2.05) is 6.92 Å². The first-order valence-electron chi connectivity index (χ1n) is 6.66. The van der Waals surface area contributed by atoms with Crippen molar-refractivity contribution in [1.82, 2.24) is 9.88 Å². The lowest BCUT2D eigenvalue weighted by atomic mass is 10.1. The summed E-state index contributed by atoms with van der Waals surface area (Å²) in [4.78, 5) is 34.2. The van der Waals surface area contributed by atoms with Crippen molar-refractivity contribution in [1.29, 1.82) is 0 Å². The number of aliphatic carboxylic acids is 1. The van der Waals surface area contributed by atoms with Crippen LogP contribution in [0.1, 0.15) is 31.4 Å². The molecule has 1 heterocycles. The predicted molar refractivity (Wildman–Crippen MR) is 74.8 cm³/mol. The second-order valence-corrected chi connectivity index (χ2v) is 5.94. The van der Waals surface area contributed by atoms with E-state index in [1.165, 1.54) is 0 Å². The Balaban J connectivity index is 1.78. The van der Waals surface area contributed by atoms with Crippen molar-refractivity contribution in [3.8, 4) is 0 Å². The second-order valence-electron chi connectivity index (χ2n) is 5.12. The van der Waals surface area contributed by atoms with E-state index < -0.39 is 12.0 Å². The van der Waals surface area contributed by atoms with Gasteiger partial charge in [-0.3, -0.25) is 9.59 Å². The first-order valence-corrected chi connectivity index (χ1v) is 7.54. The summed E-state index contributed by atoms with van der Waals surface area (Å²) in [7, 11) is 0. The Labute approximate surface area is 120 Å². The molecule has 1 unspecified atom stereocenters. The van der Waals surface area contributed by atoms with Crippen LogP contribution < -0.4 is 10.2 Å². The molecule has 1 aromatic heterocycles. The highest BCUT2D eigenvalue weighted by Crippen LogP contribution is 2.32. The van der Waals surface area contributed by atoms with Crippen molar-refractivity contribution in [2.45, 2.75) is 45.2 Å². The molecule has 0 saturated heterocycles. The van der Waals surface area contributed by atoms with Crippen molar-refractivity contribution < 1.29 is 14.7 Å². The summed E-state index contributed by atoms with van der Waals surface area (Å²) in [6, 6.07) is -0.756. The van der Waals surface area contributed by atoms with Crippen LogP contribution in [0.15, 0.2) is 10.2 Å². The molecule has 0 bridgehead atoms. The summed E-state index contributed by atoms with van der Waals surface area (Å²) in [6.07, 6.45) is 2.49.